The van der Waals surface area contributed by atoms with Gasteiger partial charge in [0.15, 0.2) is 5.13 Å². The van der Waals surface area contributed by atoms with Gasteiger partial charge in [0.1, 0.15) is 11.5 Å². The van der Waals surface area contributed by atoms with Crippen LogP contribution in [0.25, 0.3) is 10.6 Å². The molecule has 2 fully saturated rings. The first-order valence-electron chi connectivity index (χ1n) is 13.6. The molecule has 214 valence electrons. The summed E-state index contributed by atoms with van der Waals surface area (Å²) in [5.74, 6) is -0.437. The van der Waals surface area contributed by atoms with Crippen LogP contribution in [0, 0.1) is 0 Å². The number of hydrogen-bond donors (Lipinski definition) is 2. The lowest BCUT2D eigenvalue weighted by molar-refractivity contribution is -0.137. The molecule has 0 aromatic carbocycles. The zero-order valence-corrected chi connectivity index (χ0v) is 25.1. The van der Waals surface area contributed by atoms with E-state index in [9.17, 15) is 9.59 Å². The van der Waals surface area contributed by atoms with E-state index in [2.05, 4.69) is 43.8 Å². The average molecular weight is 604 g/mol. The minimum atomic E-state index is -0.785. The van der Waals surface area contributed by atoms with Crippen LogP contribution in [-0.2, 0) is 11.3 Å². The summed E-state index contributed by atoms with van der Waals surface area (Å²) in [6.07, 6.45) is 6.80. The highest BCUT2D eigenvalue weighted by molar-refractivity contribution is 7.17. The maximum Gasteiger partial charge on any atom is 0.304 e. The smallest absolute Gasteiger partial charge is 0.304 e. The van der Waals surface area contributed by atoms with Crippen molar-refractivity contribution in [1.82, 2.24) is 24.8 Å². The second-order valence-electron chi connectivity index (χ2n) is 10.3. The van der Waals surface area contributed by atoms with Gasteiger partial charge in [-0.2, -0.15) is 0 Å². The van der Waals surface area contributed by atoms with E-state index in [1.54, 1.807) is 17.5 Å². The Morgan fingerprint density at radius 3 is 2.75 bits per heavy atom. The third-order valence-electron chi connectivity index (χ3n) is 7.55. The fourth-order valence-corrected chi connectivity index (χ4v) is 7.62. The summed E-state index contributed by atoms with van der Waals surface area (Å²) in [7, 11) is 0. The van der Waals surface area contributed by atoms with Crippen molar-refractivity contribution in [3.63, 3.8) is 0 Å². The molecule has 3 aromatic rings. The first-order valence-corrected chi connectivity index (χ1v) is 15.7. The molecule has 0 aliphatic carbocycles. The first kappa shape index (κ1) is 28.9. The molecule has 2 aliphatic rings. The maximum atomic E-state index is 13.1. The molecule has 0 saturated carbocycles. The predicted molar refractivity (Wildman–Crippen MR) is 160 cm³/mol. The predicted octanol–water partition coefficient (Wildman–Crippen LogP) is 4.93. The molecule has 2 N–H and O–H groups in total. The van der Waals surface area contributed by atoms with Gasteiger partial charge in [-0.3, -0.25) is 24.7 Å². The standard InChI is InChI=1S/C27H34ClN7O3S2/c1-3-19-5-4-7-34(19)15-22-25(21-11-18(28)16-39-21)31-27(40-22)32-26(38)20-12-30-23(13-29-20)35-10-9-33(14-17(35)2)8-6-24(36)37/h11-13,16-17,19H,3-10,14-15H2,1-2H3,(H,36,37)(H,31,32,38). The molecule has 0 spiro atoms. The summed E-state index contributed by atoms with van der Waals surface area (Å²) in [5, 5.41) is 15.0. The Hall–Kier alpha value is -2.64. The summed E-state index contributed by atoms with van der Waals surface area (Å²) >= 11 is 9.28. The van der Waals surface area contributed by atoms with Crippen LogP contribution >= 0.6 is 34.3 Å². The summed E-state index contributed by atoms with van der Waals surface area (Å²) < 4.78 is 0. The number of thiophene rings is 1. The number of anilines is 2. The van der Waals surface area contributed by atoms with E-state index < -0.39 is 5.97 Å². The van der Waals surface area contributed by atoms with Gasteiger partial charge >= 0.3 is 5.97 Å². The van der Waals surface area contributed by atoms with E-state index in [0.29, 0.717) is 35.1 Å². The number of hydrogen-bond acceptors (Lipinski definition) is 10. The number of rotatable bonds is 10. The van der Waals surface area contributed by atoms with Crippen LogP contribution in [-0.4, -0.2) is 86.5 Å². The molecular formula is C27H34ClN7O3S2. The lowest BCUT2D eigenvalue weighted by Gasteiger charge is -2.40. The Kier molecular flexibility index (Phi) is 9.31. The number of likely N-dealkylation sites (tertiary alicyclic amines) is 1. The number of aliphatic carboxylic acids is 1. The third kappa shape index (κ3) is 6.80. The SMILES string of the molecule is CCC1CCCN1Cc1sc(NC(=O)c2cnc(N3CCN(CCC(=O)O)CC3C)cn2)nc1-c1cc(Cl)cs1. The number of carbonyl (C=O) groups excluding carboxylic acids is 1. The molecule has 5 rings (SSSR count). The quantitative estimate of drug-likeness (QED) is 0.333. The minimum Gasteiger partial charge on any atom is -0.481 e. The van der Waals surface area contributed by atoms with Gasteiger partial charge < -0.3 is 10.0 Å². The van der Waals surface area contributed by atoms with E-state index >= 15 is 0 Å². The average Bonchev–Trinajstić information content (AvgIpc) is 3.67. The van der Waals surface area contributed by atoms with Crippen LogP contribution in [0.3, 0.4) is 0 Å². The van der Waals surface area contributed by atoms with Gasteiger partial charge in [-0.1, -0.05) is 29.9 Å². The number of amides is 1. The number of thiazole rings is 1. The molecule has 2 atom stereocenters. The number of nitrogens with zero attached hydrogens (tertiary/aromatic N) is 6. The number of carbonyl (C=O) groups is 2. The molecule has 3 aromatic heterocycles. The Balaban J connectivity index is 1.26. The second-order valence-corrected chi connectivity index (χ2v) is 12.7. The summed E-state index contributed by atoms with van der Waals surface area (Å²) in [6.45, 7) is 8.94. The van der Waals surface area contributed by atoms with Crippen molar-refractivity contribution < 1.29 is 14.7 Å². The molecule has 1 amide bonds. The van der Waals surface area contributed by atoms with Gasteiger partial charge in [-0.15, -0.1) is 11.3 Å². The Labute approximate surface area is 247 Å². The zero-order chi connectivity index (χ0) is 28.2. The van der Waals surface area contributed by atoms with Crippen molar-refractivity contribution in [2.45, 2.75) is 58.2 Å². The Bertz CT molecular complexity index is 1330. The Morgan fingerprint density at radius 2 is 2.08 bits per heavy atom. The zero-order valence-electron chi connectivity index (χ0n) is 22.7. The number of piperazine rings is 1. The topological polar surface area (TPSA) is 115 Å². The van der Waals surface area contributed by atoms with Crippen LogP contribution < -0.4 is 10.2 Å². The van der Waals surface area contributed by atoms with Crippen molar-refractivity contribution >= 4 is 57.1 Å². The van der Waals surface area contributed by atoms with E-state index in [1.165, 1.54) is 30.4 Å². The van der Waals surface area contributed by atoms with Crippen molar-refractivity contribution in [1.29, 1.82) is 0 Å². The van der Waals surface area contributed by atoms with E-state index in [0.717, 1.165) is 48.0 Å². The molecule has 0 bridgehead atoms. The van der Waals surface area contributed by atoms with Crippen molar-refractivity contribution in [3.05, 3.63) is 39.4 Å². The van der Waals surface area contributed by atoms with Crippen molar-refractivity contribution in [3.8, 4) is 10.6 Å². The highest BCUT2D eigenvalue weighted by Gasteiger charge is 2.27. The first-order chi connectivity index (χ1) is 19.3. The Morgan fingerprint density at radius 1 is 1.23 bits per heavy atom. The summed E-state index contributed by atoms with van der Waals surface area (Å²) in [6, 6.07) is 2.65. The lowest BCUT2D eigenvalue weighted by Crippen LogP contribution is -2.52. The minimum absolute atomic E-state index is 0.136. The number of carboxylic acids is 1. The molecule has 2 aliphatic heterocycles. The summed E-state index contributed by atoms with van der Waals surface area (Å²) in [4.78, 5) is 46.6. The van der Waals surface area contributed by atoms with Gasteiger partial charge in [-0.25, -0.2) is 15.0 Å². The summed E-state index contributed by atoms with van der Waals surface area (Å²) in [5.41, 5.74) is 1.09. The highest BCUT2D eigenvalue weighted by Crippen LogP contribution is 2.38. The van der Waals surface area contributed by atoms with Crippen LogP contribution in [0.5, 0.6) is 0 Å². The van der Waals surface area contributed by atoms with Gasteiger partial charge in [0, 0.05) is 55.1 Å². The molecule has 0 radical (unpaired) electrons. The molecule has 10 nitrogen and oxygen atoms in total. The fourth-order valence-electron chi connectivity index (χ4n) is 5.47. The van der Waals surface area contributed by atoms with Crippen LogP contribution in [0.1, 0.15) is 54.9 Å². The van der Waals surface area contributed by atoms with Gasteiger partial charge in [0.2, 0.25) is 0 Å². The second kappa shape index (κ2) is 12.9. The third-order valence-corrected chi connectivity index (χ3v) is 9.79. The maximum absolute atomic E-state index is 13.1. The number of aromatic nitrogens is 3. The van der Waals surface area contributed by atoms with Crippen LogP contribution in [0.15, 0.2) is 23.8 Å². The van der Waals surface area contributed by atoms with Gasteiger partial charge in [-0.05, 0) is 38.8 Å². The molecule has 40 heavy (non-hydrogen) atoms. The van der Waals surface area contributed by atoms with Crippen LogP contribution in [0.4, 0.5) is 10.9 Å². The normalized spacial score (nSPS) is 20.2. The number of nitrogens with one attached hydrogen (secondary N) is 1. The van der Waals surface area contributed by atoms with Crippen LogP contribution in [0.2, 0.25) is 5.02 Å². The fraction of sp³-hybridized carbons (Fsp3) is 0.519. The molecule has 2 unspecified atom stereocenters. The molecular weight excluding hydrogens is 570 g/mol. The molecule has 13 heteroatoms. The highest BCUT2D eigenvalue weighted by atomic mass is 35.5. The van der Waals surface area contributed by atoms with Gasteiger partial charge in [0.25, 0.3) is 5.91 Å². The monoisotopic (exact) mass is 603 g/mol. The van der Waals surface area contributed by atoms with E-state index in [1.807, 2.05) is 11.4 Å². The molecule has 5 heterocycles. The van der Waals surface area contributed by atoms with Gasteiger partial charge in [0.05, 0.1) is 34.4 Å². The van der Waals surface area contributed by atoms with Crippen molar-refractivity contribution in [2.24, 2.45) is 0 Å². The molecule has 2 saturated heterocycles. The van der Waals surface area contributed by atoms with E-state index in [-0.39, 0.29) is 24.1 Å². The largest absolute Gasteiger partial charge is 0.481 e. The number of carboxylic acid groups (broad SMARTS) is 1. The van der Waals surface area contributed by atoms with Crippen molar-refractivity contribution in [2.75, 3.05) is 42.9 Å². The van der Waals surface area contributed by atoms with E-state index in [4.69, 9.17) is 21.7 Å². The lowest BCUT2D eigenvalue weighted by atomic mass is 10.1. The number of halogens is 1.